The number of nitrogens with one attached hydrogen (secondary N) is 2. The number of aliphatic hydroxyl groups is 1. The molecular weight excluding hydrogens is 454 g/mol. The molecule has 1 amide bonds. The Labute approximate surface area is 175 Å². The Kier molecular flexibility index (Phi) is 11.1. The van der Waals surface area contributed by atoms with E-state index in [1.807, 2.05) is 24.3 Å². The topological polar surface area (TPSA) is 162 Å². The Bertz CT molecular complexity index is 661. The highest BCUT2D eigenvalue weighted by molar-refractivity contribution is 9.10. The first kappa shape index (κ1) is 24.4. The molecule has 156 valence electrons. The largest absolute Gasteiger partial charge is 0.480 e. The fraction of sp³-hybridized carbons (Fsp3) is 0.471. The fourth-order valence-corrected chi connectivity index (χ4v) is 3.45. The van der Waals surface area contributed by atoms with Crippen molar-refractivity contribution >= 4 is 45.5 Å². The maximum atomic E-state index is 12.1. The van der Waals surface area contributed by atoms with Crippen LogP contribution in [0.3, 0.4) is 0 Å². The highest BCUT2D eigenvalue weighted by Gasteiger charge is 2.22. The standard InChI is InChI=1S/C17H24BrN3O6S/c18-11-3-1-10(2-4-11)8-28-9-13(16(25)20-7-15(23)24)21-14(22)6-5-12(19)17(26)27/h1-4,12-13,16,20,25H,5-9,19H2,(H,21,22)(H,23,24)(H,26,27)/t12-,13+,16-/m1/s1. The molecule has 3 atom stereocenters. The number of carboxylic acid groups (broad SMARTS) is 2. The van der Waals surface area contributed by atoms with E-state index < -0.39 is 42.7 Å². The number of carbonyl (C=O) groups is 3. The van der Waals surface area contributed by atoms with Crippen LogP contribution in [0.2, 0.25) is 0 Å². The fourth-order valence-electron chi connectivity index (χ4n) is 2.12. The second kappa shape index (κ2) is 12.7. The average molecular weight is 478 g/mol. The van der Waals surface area contributed by atoms with Crippen molar-refractivity contribution in [1.82, 2.24) is 10.6 Å². The molecule has 0 radical (unpaired) electrons. The van der Waals surface area contributed by atoms with Gasteiger partial charge in [0, 0.05) is 22.4 Å². The number of thioether (sulfide) groups is 1. The van der Waals surface area contributed by atoms with Gasteiger partial charge < -0.3 is 26.4 Å². The summed E-state index contributed by atoms with van der Waals surface area (Å²) in [6.45, 7) is -0.463. The molecule has 1 aromatic rings. The van der Waals surface area contributed by atoms with Crippen LogP contribution in [0, 0.1) is 0 Å². The van der Waals surface area contributed by atoms with Crippen molar-refractivity contribution in [2.24, 2.45) is 5.73 Å². The molecule has 0 aliphatic heterocycles. The molecule has 9 nitrogen and oxygen atoms in total. The molecule has 0 saturated heterocycles. The maximum absolute atomic E-state index is 12.1. The molecule has 0 aromatic heterocycles. The van der Waals surface area contributed by atoms with Gasteiger partial charge in [-0.3, -0.25) is 19.7 Å². The summed E-state index contributed by atoms with van der Waals surface area (Å²) in [4.78, 5) is 33.5. The van der Waals surface area contributed by atoms with E-state index in [2.05, 4.69) is 26.6 Å². The van der Waals surface area contributed by atoms with Gasteiger partial charge in [-0.1, -0.05) is 28.1 Å². The van der Waals surface area contributed by atoms with Crippen LogP contribution >= 0.6 is 27.7 Å². The summed E-state index contributed by atoms with van der Waals surface area (Å²) in [7, 11) is 0. The highest BCUT2D eigenvalue weighted by atomic mass is 79.9. The molecule has 0 aliphatic rings. The normalized spacial score (nSPS) is 14.1. The molecule has 0 heterocycles. The van der Waals surface area contributed by atoms with Crippen LogP contribution in [0.1, 0.15) is 18.4 Å². The number of halogens is 1. The third kappa shape index (κ3) is 10.0. The van der Waals surface area contributed by atoms with Crippen molar-refractivity contribution in [3.63, 3.8) is 0 Å². The van der Waals surface area contributed by atoms with E-state index in [4.69, 9.17) is 15.9 Å². The maximum Gasteiger partial charge on any atom is 0.320 e. The van der Waals surface area contributed by atoms with Crippen molar-refractivity contribution in [2.75, 3.05) is 12.3 Å². The molecular formula is C17H24BrN3O6S. The number of hydrogen-bond acceptors (Lipinski definition) is 7. The van der Waals surface area contributed by atoms with E-state index in [9.17, 15) is 19.5 Å². The number of aliphatic hydroxyl groups excluding tert-OH is 1. The molecule has 1 rings (SSSR count). The van der Waals surface area contributed by atoms with Crippen LogP contribution in [0.25, 0.3) is 0 Å². The lowest BCUT2D eigenvalue weighted by atomic mass is 10.1. The van der Waals surface area contributed by atoms with Gasteiger partial charge >= 0.3 is 11.9 Å². The van der Waals surface area contributed by atoms with Crippen LogP contribution in [0.5, 0.6) is 0 Å². The lowest BCUT2D eigenvalue weighted by Crippen LogP contribution is -2.52. The summed E-state index contributed by atoms with van der Waals surface area (Å²) in [6.07, 6.45) is -1.43. The summed E-state index contributed by atoms with van der Waals surface area (Å²) < 4.78 is 0.958. The Morgan fingerprint density at radius 2 is 1.82 bits per heavy atom. The number of carboxylic acids is 2. The quantitative estimate of drug-likeness (QED) is 0.220. The molecule has 0 bridgehead atoms. The Hall–Kier alpha value is -1.66. The molecule has 0 unspecified atom stereocenters. The highest BCUT2D eigenvalue weighted by Crippen LogP contribution is 2.17. The Balaban J connectivity index is 2.59. The van der Waals surface area contributed by atoms with Crippen molar-refractivity contribution in [1.29, 1.82) is 0 Å². The first-order chi connectivity index (χ1) is 13.2. The van der Waals surface area contributed by atoms with Gasteiger partial charge in [-0.05, 0) is 24.1 Å². The second-order valence-electron chi connectivity index (χ2n) is 6.02. The first-order valence-corrected chi connectivity index (χ1v) is 10.4. The van der Waals surface area contributed by atoms with Gasteiger partial charge in [0.05, 0.1) is 12.6 Å². The van der Waals surface area contributed by atoms with Crippen LogP contribution in [-0.4, -0.2) is 63.8 Å². The van der Waals surface area contributed by atoms with Gasteiger partial charge in [0.1, 0.15) is 12.3 Å². The predicted molar refractivity (Wildman–Crippen MR) is 109 cm³/mol. The zero-order valence-corrected chi connectivity index (χ0v) is 17.4. The zero-order chi connectivity index (χ0) is 21.1. The van der Waals surface area contributed by atoms with E-state index in [0.29, 0.717) is 11.5 Å². The van der Waals surface area contributed by atoms with Crippen molar-refractivity contribution < 1.29 is 29.7 Å². The SMILES string of the molecule is N[C@H](CCC(=O)N[C@@H](CSCc1ccc(Br)cc1)[C@@H](O)NCC(=O)O)C(=O)O. The molecule has 0 fully saturated rings. The van der Waals surface area contributed by atoms with E-state index in [1.54, 1.807) is 0 Å². The minimum absolute atomic E-state index is 0.0431. The number of benzene rings is 1. The van der Waals surface area contributed by atoms with E-state index in [-0.39, 0.29) is 12.8 Å². The minimum atomic E-state index is -1.27. The second-order valence-corrected chi connectivity index (χ2v) is 7.96. The molecule has 1 aromatic carbocycles. The Morgan fingerprint density at radius 1 is 1.18 bits per heavy atom. The third-order valence-electron chi connectivity index (χ3n) is 3.67. The van der Waals surface area contributed by atoms with Gasteiger partial charge in [-0.15, -0.1) is 0 Å². The average Bonchev–Trinajstić information content (AvgIpc) is 2.64. The van der Waals surface area contributed by atoms with Gasteiger partial charge in [0.2, 0.25) is 5.91 Å². The number of carbonyl (C=O) groups excluding carboxylic acids is 1. The van der Waals surface area contributed by atoms with Gasteiger partial charge in [-0.25, -0.2) is 0 Å². The number of rotatable bonds is 13. The monoisotopic (exact) mass is 477 g/mol. The Morgan fingerprint density at radius 3 is 2.39 bits per heavy atom. The molecule has 7 N–H and O–H groups in total. The van der Waals surface area contributed by atoms with Crippen LogP contribution in [0.4, 0.5) is 0 Å². The van der Waals surface area contributed by atoms with Crippen LogP contribution < -0.4 is 16.4 Å². The number of aliphatic carboxylic acids is 2. The van der Waals surface area contributed by atoms with E-state index >= 15 is 0 Å². The lowest BCUT2D eigenvalue weighted by Gasteiger charge is -2.24. The smallest absolute Gasteiger partial charge is 0.320 e. The molecule has 28 heavy (non-hydrogen) atoms. The van der Waals surface area contributed by atoms with Gasteiger partial charge in [-0.2, -0.15) is 11.8 Å². The van der Waals surface area contributed by atoms with Crippen molar-refractivity contribution in [3.05, 3.63) is 34.3 Å². The van der Waals surface area contributed by atoms with Crippen molar-refractivity contribution in [2.45, 2.75) is 36.9 Å². The summed E-state index contributed by atoms with van der Waals surface area (Å²) in [6, 6.07) is 5.79. The van der Waals surface area contributed by atoms with E-state index in [0.717, 1.165) is 10.0 Å². The summed E-state index contributed by atoms with van der Waals surface area (Å²) in [5.41, 5.74) is 6.43. The first-order valence-electron chi connectivity index (χ1n) is 8.42. The molecule has 11 heteroatoms. The van der Waals surface area contributed by atoms with Crippen LogP contribution in [0.15, 0.2) is 28.7 Å². The predicted octanol–water partition coefficient (Wildman–Crippen LogP) is 0.352. The van der Waals surface area contributed by atoms with E-state index in [1.165, 1.54) is 11.8 Å². The molecule has 0 spiro atoms. The third-order valence-corrected chi connectivity index (χ3v) is 5.33. The van der Waals surface area contributed by atoms with Crippen LogP contribution in [-0.2, 0) is 20.1 Å². The molecule has 0 saturated carbocycles. The number of amides is 1. The molecule has 0 aliphatic carbocycles. The summed E-state index contributed by atoms with van der Waals surface area (Å²) in [5.74, 6) is -1.85. The lowest BCUT2D eigenvalue weighted by molar-refractivity contribution is -0.139. The summed E-state index contributed by atoms with van der Waals surface area (Å²) >= 11 is 4.81. The number of hydrogen-bond donors (Lipinski definition) is 6. The minimum Gasteiger partial charge on any atom is -0.480 e. The zero-order valence-electron chi connectivity index (χ0n) is 15.0. The van der Waals surface area contributed by atoms with Gasteiger partial charge in [0.25, 0.3) is 0 Å². The summed E-state index contributed by atoms with van der Waals surface area (Å²) in [5, 5.41) is 32.7. The van der Waals surface area contributed by atoms with Crippen molar-refractivity contribution in [3.8, 4) is 0 Å². The number of nitrogens with two attached hydrogens (primary N) is 1. The van der Waals surface area contributed by atoms with Gasteiger partial charge in [0.15, 0.2) is 0 Å².